The van der Waals surface area contributed by atoms with E-state index in [-0.39, 0.29) is 5.91 Å². The Morgan fingerprint density at radius 1 is 1.50 bits per heavy atom. The van der Waals surface area contributed by atoms with Gasteiger partial charge >= 0.3 is 5.97 Å². The van der Waals surface area contributed by atoms with Crippen LogP contribution >= 0.6 is 11.3 Å². The molecule has 1 aromatic heterocycles. The molecule has 1 atom stereocenters. The first-order valence-electron chi connectivity index (χ1n) is 5.16. The molecule has 0 aromatic carbocycles. The van der Waals surface area contributed by atoms with Crippen LogP contribution in [0.2, 0.25) is 0 Å². The number of carbonyl (C=O) groups is 2. The van der Waals surface area contributed by atoms with Crippen molar-refractivity contribution in [3.8, 4) is 0 Å². The molecule has 1 amide bonds. The lowest BCUT2D eigenvalue weighted by Crippen LogP contribution is -2.29. The highest BCUT2D eigenvalue weighted by Gasteiger charge is 2.31. The third-order valence-corrected chi connectivity index (χ3v) is 3.76. The average molecular weight is 239 g/mol. The number of nitrogens with zero attached hydrogens (tertiary/aromatic N) is 1. The smallest absolute Gasteiger partial charge is 0.308 e. The lowest BCUT2D eigenvalue weighted by Gasteiger charge is -2.14. The molecule has 2 heterocycles. The Labute approximate surface area is 97.5 Å². The maximum absolute atomic E-state index is 12.0. The monoisotopic (exact) mass is 239 g/mol. The van der Waals surface area contributed by atoms with Gasteiger partial charge in [-0.3, -0.25) is 9.59 Å². The highest BCUT2D eigenvalue weighted by Crippen LogP contribution is 2.22. The van der Waals surface area contributed by atoms with E-state index >= 15 is 0 Å². The summed E-state index contributed by atoms with van der Waals surface area (Å²) in [6.07, 6.45) is 0.561. The van der Waals surface area contributed by atoms with Crippen molar-refractivity contribution in [2.75, 3.05) is 13.1 Å². The summed E-state index contributed by atoms with van der Waals surface area (Å²) in [5, 5.41) is 8.85. The molecule has 0 aliphatic carbocycles. The molecule has 1 fully saturated rings. The van der Waals surface area contributed by atoms with Gasteiger partial charge < -0.3 is 10.0 Å². The predicted octanol–water partition coefficient (Wildman–Crippen LogP) is 1.60. The molecule has 16 heavy (non-hydrogen) atoms. The van der Waals surface area contributed by atoms with Crippen LogP contribution < -0.4 is 0 Å². The van der Waals surface area contributed by atoms with Crippen LogP contribution in [0.3, 0.4) is 0 Å². The zero-order valence-electron chi connectivity index (χ0n) is 8.97. The number of carboxylic acids is 1. The van der Waals surface area contributed by atoms with Crippen LogP contribution in [0.5, 0.6) is 0 Å². The molecule has 0 saturated carbocycles. The molecule has 1 aliphatic rings. The van der Waals surface area contributed by atoms with Gasteiger partial charge in [-0.1, -0.05) is 0 Å². The summed E-state index contributed by atoms with van der Waals surface area (Å²) < 4.78 is 0. The van der Waals surface area contributed by atoms with Gasteiger partial charge in [-0.15, -0.1) is 11.3 Å². The predicted molar refractivity (Wildman–Crippen MR) is 60.7 cm³/mol. The highest BCUT2D eigenvalue weighted by molar-refractivity contribution is 7.13. The van der Waals surface area contributed by atoms with Gasteiger partial charge in [-0.25, -0.2) is 0 Å². The minimum absolute atomic E-state index is 0.0400. The first-order chi connectivity index (χ1) is 7.58. The fourth-order valence-electron chi connectivity index (χ4n) is 1.85. The maximum Gasteiger partial charge on any atom is 0.308 e. The Hall–Kier alpha value is -1.36. The van der Waals surface area contributed by atoms with Crippen molar-refractivity contribution >= 4 is 23.2 Å². The fraction of sp³-hybridized carbons (Fsp3) is 0.455. The molecule has 1 aliphatic heterocycles. The summed E-state index contributed by atoms with van der Waals surface area (Å²) in [5.74, 6) is -1.25. The second kappa shape index (κ2) is 4.25. The molecule has 1 saturated heterocycles. The summed E-state index contributed by atoms with van der Waals surface area (Å²) in [6, 6.07) is 3.71. The molecule has 1 N–H and O–H groups in total. The molecule has 0 radical (unpaired) electrons. The molecular formula is C11H13NO3S. The van der Waals surface area contributed by atoms with Crippen LogP contribution in [0.1, 0.15) is 21.0 Å². The molecule has 2 rings (SSSR count). The van der Waals surface area contributed by atoms with Crippen molar-refractivity contribution in [2.24, 2.45) is 5.92 Å². The lowest BCUT2D eigenvalue weighted by atomic mass is 10.1. The van der Waals surface area contributed by atoms with Crippen LogP contribution in [0.15, 0.2) is 12.1 Å². The molecule has 4 nitrogen and oxygen atoms in total. The van der Waals surface area contributed by atoms with Crippen molar-refractivity contribution in [1.82, 2.24) is 4.90 Å². The van der Waals surface area contributed by atoms with E-state index < -0.39 is 11.9 Å². The van der Waals surface area contributed by atoms with E-state index in [1.165, 1.54) is 11.3 Å². The normalized spacial score (nSPS) is 20.1. The molecule has 0 unspecified atom stereocenters. The molecule has 86 valence electrons. The van der Waals surface area contributed by atoms with E-state index in [1.54, 1.807) is 11.0 Å². The van der Waals surface area contributed by atoms with Crippen LogP contribution in [0.25, 0.3) is 0 Å². The Kier molecular flexibility index (Phi) is 2.96. The van der Waals surface area contributed by atoms with E-state index in [9.17, 15) is 9.59 Å². The largest absolute Gasteiger partial charge is 0.481 e. The number of carboxylic acid groups (broad SMARTS) is 1. The van der Waals surface area contributed by atoms with E-state index in [1.807, 2.05) is 13.0 Å². The van der Waals surface area contributed by atoms with Crippen molar-refractivity contribution in [3.05, 3.63) is 21.9 Å². The second-order valence-electron chi connectivity index (χ2n) is 3.99. The third-order valence-electron chi connectivity index (χ3n) is 2.78. The lowest BCUT2D eigenvalue weighted by molar-refractivity contribution is -0.141. The average Bonchev–Trinajstić information content (AvgIpc) is 2.84. The fourth-order valence-corrected chi connectivity index (χ4v) is 2.69. The van der Waals surface area contributed by atoms with Gasteiger partial charge in [0.1, 0.15) is 0 Å². The maximum atomic E-state index is 12.0. The number of amides is 1. The number of likely N-dealkylation sites (tertiary alicyclic amines) is 1. The summed E-state index contributed by atoms with van der Waals surface area (Å²) >= 11 is 1.45. The van der Waals surface area contributed by atoms with Gasteiger partial charge in [0.2, 0.25) is 0 Å². The van der Waals surface area contributed by atoms with Crippen LogP contribution in [-0.4, -0.2) is 35.0 Å². The molecular weight excluding hydrogens is 226 g/mol. The van der Waals surface area contributed by atoms with Gasteiger partial charge in [-0.2, -0.15) is 0 Å². The molecule has 0 bridgehead atoms. The van der Waals surface area contributed by atoms with E-state index in [4.69, 9.17) is 5.11 Å². The Morgan fingerprint density at radius 2 is 2.25 bits per heavy atom. The number of aryl methyl sites for hydroxylation is 1. The second-order valence-corrected chi connectivity index (χ2v) is 5.27. The van der Waals surface area contributed by atoms with Crippen molar-refractivity contribution in [1.29, 1.82) is 0 Å². The van der Waals surface area contributed by atoms with Crippen molar-refractivity contribution in [2.45, 2.75) is 13.3 Å². The number of hydrogen-bond acceptors (Lipinski definition) is 3. The number of rotatable bonds is 2. The summed E-state index contributed by atoms with van der Waals surface area (Å²) in [7, 11) is 0. The summed E-state index contributed by atoms with van der Waals surface area (Å²) in [6.45, 7) is 2.84. The Bertz CT molecular complexity index is 427. The molecule has 1 aromatic rings. The van der Waals surface area contributed by atoms with Crippen molar-refractivity contribution < 1.29 is 14.7 Å². The minimum atomic E-state index is -0.808. The first kappa shape index (κ1) is 11.1. The topological polar surface area (TPSA) is 57.6 Å². The third kappa shape index (κ3) is 2.09. The zero-order valence-corrected chi connectivity index (χ0v) is 9.79. The molecule has 0 spiro atoms. The highest BCUT2D eigenvalue weighted by atomic mass is 32.1. The molecule has 5 heteroatoms. The quantitative estimate of drug-likeness (QED) is 0.853. The van der Waals surface area contributed by atoms with E-state index in [0.29, 0.717) is 24.4 Å². The number of aliphatic carboxylic acids is 1. The van der Waals surface area contributed by atoms with Gasteiger partial charge in [0.15, 0.2) is 0 Å². The van der Waals surface area contributed by atoms with Gasteiger partial charge in [-0.05, 0) is 25.5 Å². The minimum Gasteiger partial charge on any atom is -0.481 e. The van der Waals surface area contributed by atoms with E-state index in [0.717, 1.165) is 4.88 Å². The van der Waals surface area contributed by atoms with Crippen molar-refractivity contribution in [3.63, 3.8) is 0 Å². The Morgan fingerprint density at radius 3 is 2.75 bits per heavy atom. The van der Waals surface area contributed by atoms with E-state index in [2.05, 4.69) is 0 Å². The van der Waals surface area contributed by atoms with Gasteiger partial charge in [0, 0.05) is 18.0 Å². The number of hydrogen-bond donors (Lipinski definition) is 1. The van der Waals surface area contributed by atoms with Gasteiger partial charge in [0.05, 0.1) is 10.8 Å². The summed E-state index contributed by atoms with van der Waals surface area (Å²) in [4.78, 5) is 26.2. The standard InChI is InChI=1S/C11H13NO3S/c1-7-2-3-9(16-7)10(13)12-5-4-8(6-12)11(14)15/h2-3,8H,4-6H2,1H3,(H,14,15)/t8-/m0/s1. The zero-order chi connectivity index (χ0) is 11.7. The Balaban J connectivity index is 2.05. The SMILES string of the molecule is Cc1ccc(C(=O)N2CC[C@H](C(=O)O)C2)s1. The van der Waals surface area contributed by atoms with Crippen LogP contribution in [0, 0.1) is 12.8 Å². The number of thiophene rings is 1. The summed E-state index contributed by atoms with van der Waals surface area (Å²) in [5.41, 5.74) is 0. The van der Waals surface area contributed by atoms with Gasteiger partial charge in [0.25, 0.3) is 5.91 Å². The van der Waals surface area contributed by atoms with Crippen LogP contribution in [0.4, 0.5) is 0 Å². The van der Waals surface area contributed by atoms with Crippen LogP contribution in [-0.2, 0) is 4.79 Å². The first-order valence-corrected chi connectivity index (χ1v) is 5.98. The number of carbonyl (C=O) groups excluding carboxylic acids is 1.